The van der Waals surface area contributed by atoms with E-state index in [-0.39, 0.29) is 21.3 Å². The highest BCUT2D eigenvalue weighted by atomic mass is 32.2. The molecule has 1 heterocycles. The van der Waals surface area contributed by atoms with Crippen molar-refractivity contribution >= 4 is 21.5 Å². The van der Waals surface area contributed by atoms with Gasteiger partial charge in [0.1, 0.15) is 5.17 Å². The van der Waals surface area contributed by atoms with Crippen molar-refractivity contribution in [3.63, 3.8) is 0 Å². The normalized spacial score (nSPS) is 34.5. The van der Waals surface area contributed by atoms with Gasteiger partial charge >= 0.3 is 0 Å². The van der Waals surface area contributed by atoms with E-state index < -0.39 is 0 Å². The van der Waals surface area contributed by atoms with E-state index in [0.717, 1.165) is 0 Å². The Morgan fingerprint density at radius 2 is 2.36 bits per heavy atom. The van der Waals surface area contributed by atoms with Crippen molar-refractivity contribution in [2.45, 2.75) is 24.6 Å². The quantitative estimate of drug-likeness (QED) is 0.542. The number of nitriles is 1. The zero-order valence-corrected chi connectivity index (χ0v) is 7.48. The summed E-state index contributed by atoms with van der Waals surface area (Å²) in [7, 11) is -0.303. The Bertz CT molecular complexity index is 272. The van der Waals surface area contributed by atoms with Gasteiger partial charge in [0, 0.05) is 4.75 Å². The van der Waals surface area contributed by atoms with Crippen LogP contribution in [0.25, 0.3) is 0 Å². The number of nitrogens with zero attached hydrogens (tertiary/aromatic N) is 2. The fourth-order valence-corrected chi connectivity index (χ4v) is 2.08. The fourth-order valence-electron chi connectivity index (χ4n) is 0.935. The Labute approximate surface area is 68.8 Å². The molecule has 0 aromatic rings. The number of hydrogen-bond acceptors (Lipinski definition) is 3. The number of amidine groups is 1. The van der Waals surface area contributed by atoms with E-state index >= 15 is 0 Å². The van der Waals surface area contributed by atoms with Crippen LogP contribution in [-0.4, -0.2) is 21.8 Å². The van der Waals surface area contributed by atoms with Crippen LogP contribution in [0.5, 0.6) is 0 Å². The van der Waals surface area contributed by atoms with E-state index in [4.69, 9.17) is 11.0 Å². The largest absolute Gasteiger partial charge is 0.379 e. The first-order chi connectivity index (χ1) is 5.00. The Morgan fingerprint density at radius 1 is 1.82 bits per heavy atom. The molecule has 0 saturated carbocycles. The summed E-state index contributed by atoms with van der Waals surface area (Å²) in [4.78, 5) is 4.02. The summed E-state index contributed by atoms with van der Waals surface area (Å²) in [5.74, 6) is 3.89. The van der Waals surface area contributed by atoms with Gasteiger partial charge in [-0.3, -0.25) is 0 Å². The van der Waals surface area contributed by atoms with Gasteiger partial charge in [0.05, 0.1) is 6.07 Å². The van der Waals surface area contributed by atoms with Crippen molar-refractivity contribution in [3.8, 4) is 6.07 Å². The van der Waals surface area contributed by atoms with Gasteiger partial charge in [-0.15, -0.1) is 10.5 Å². The minimum Gasteiger partial charge on any atom is -0.379 e. The molecule has 0 saturated heterocycles. The summed E-state index contributed by atoms with van der Waals surface area (Å²) >= 11 is 0. The SMILES string of the molecule is C=S1C(N)=NC(C#N)C1(C)C. The molecule has 2 N–H and O–H groups in total. The molecule has 3 nitrogen and oxygen atoms in total. The Morgan fingerprint density at radius 3 is 2.55 bits per heavy atom. The molecule has 0 aliphatic carbocycles. The van der Waals surface area contributed by atoms with E-state index in [0.29, 0.717) is 5.17 Å². The van der Waals surface area contributed by atoms with Crippen LogP contribution in [0.1, 0.15) is 13.8 Å². The van der Waals surface area contributed by atoms with Gasteiger partial charge in [0.15, 0.2) is 6.04 Å². The molecule has 0 aromatic carbocycles. The molecule has 0 aromatic heterocycles. The highest BCUT2D eigenvalue weighted by molar-refractivity contribution is 8.28. The average molecular weight is 169 g/mol. The first-order valence-corrected chi connectivity index (χ1v) is 4.66. The molecule has 1 aliphatic heterocycles. The van der Waals surface area contributed by atoms with E-state index in [1.165, 1.54) is 0 Å². The highest BCUT2D eigenvalue weighted by Crippen LogP contribution is 2.40. The second kappa shape index (κ2) is 2.35. The summed E-state index contributed by atoms with van der Waals surface area (Å²) in [6.07, 6.45) is 0. The number of aliphatic imine (C=N–C) groups is 1. The monoisotopic (exact) mass is 169 g/mol. The maximum Gasteiger partial charge on any atom is 0.153 e. The minimum atomic E-state index is -0.316. The second-order valence-electron chi connectivity index (χ2n) is 2.99. The molecule has 0 spiro atoms. The lowest BCUT2D eigenvalue weighted by Crippen LogP contribution is -2.27. The number of hydrogen-bond donors (Lipinski definition) is 1. The summed E-state index contributed by atoms with van der Waals surface area (Å²) in [6.45, 7) is 3.95. The number of nitrogens with two attached hydrogens (primary N) is 1. The summed E-state index contributed by atoms with van der Waals surface area (Å²) in [5.41, 5.74) is 5.57. The standard InChI is InChI=1S/C7H11N3S/c1-7(2)5(4-8)10-6(9)11(7)3/h5H,3H2,1-2H3,(H2,9,10). The zero-order chi connectivity index (χ0) is 8.65. The summed E-state index contributed by atoms with van der Waals surface area (Å²) in [6, 6.07) is 1.80. The van der Waals surface area contributed by atoms with Crippen LogP contribution >= 0.6 is 10.5 Å². The third kappa shape index (κ3) is 1.05. The topological polar surface area (TPSA) is 62.2 Å². The van der Waals surface area contributed by atoms with Crippen LogP contribution in [0, 0.1) is 11.3 Å². The second-order valence-corrected chi connectivity index (χ2v) is 5.25. The fraction of sp³-hybridized carbons (Fsp3) is 0.571. The molecule has 1 aliphatic rings. The van der Waals surface area contributed by atoms with Crippen molar-refractivity contribution < 1.29 is 0 Å². The van der Waals surface area contributed by atoms with E-state index in [1.54, 1.807) is 0 Å². The van der Waals surface area contributed by atoms with Crippen LogP contribution in [-0.2, 0) is 0 Å². The first-order valence-electron chi connectivity index (χ1n) is 3.27. The molecule has 0 amide bonds. The van der Waals surface area contributed by atoms with Crippen LogP contribution in [0.3, 0.4) is 0 Å². The molecule has 0 radical (unpaired) electrons. The van der Waals surface area contributed by atoms with Gasteiger partial charge in [-0.1, -0.05) is 5.87 Å². The average Bonchev–Trinajstić information content (AvgIpc) is 2.13. The molecule has 2 unspecified atom stereocenters. The lowest BCUT2D eigenvalue weighted by molar-refractivity contribution is 0.649. The Kier molecular flexibility index (Phi) is 1.77. The Balaban J connectivity index is 3.07. The van der Waals surface area contributed by atoms with Crippen LogP contribution in [0.4, 0.5) is 0 Å². The molecular formula is C7H11N3S. The molecule has 0 bridgehead atoms. The van der Waals surface area contributed by atoms with Crippen molar-refractivity contribution in [3.05, 3.63) is 0 Å². The lowest BCUT2D eigenvalue weighted by atomic mass is 10.1. The Hall–Kier alpha value is -0.820. The van der Waals surface area contributed by atoms with E-state index in [9.17, 15) is 0 Å². The van der Waals surface area contributed by atoms with Gasteiger partial charge in [0.25, 0.3) is 0 Å². The van der Waals surface area contributed by atoms with Gasteiger partial charge in [0.2, 0.25) is 0 Å². The highest BCUT2D eigenvalue weighted by Gasteiger charge is 2.38. The maximum absolute atomic E-state index is 8.70. The molecule has 60 valence electrons. The van der Waals surface area contributed by atoms with Gasteiger partial charge in [-0.2, -0.15) is 5.26 Å². The lowest BCUT2D eigenvalue weighted by Gasteiger charge is -2.21. The van der Waals surface area contributed by atoms with Crippen molar-refractivity contribution in [1.29, 1.82) is 5.26 Å². The van der Waals surface area contributed by atoms with Crippen LogP contribution < -0.4 is 5.73 Å². The minimum absolute atomic E-state index is 0.182. The summed E-state index contributed by atoms with van der Waals surface area (Å²) in [5, 5.41) is 9.23. The molecule has 2 atom stereocenters. The number of rotatable bonds is 0. The van der Waals surface area contributed by atoms with E-state index in [1.807, 2.05) is 13.8 Å². The molecular weight excluding hydrogens is 158 g/mol. The van der Waals surface area contributed by atoms with Gasteiger partial charge in [-0.05, 0) is 13.8 Å². The third-order valence-electron chi connectivity index (χ3n) is 1.92. The molecule has 11 heavy (non-hydrogen) atoms. The smallest absolute Gasteiger partial charge is 0.153 e. The van der Waals surface area contributed by atoms with Crippen LogP contribution in [0.2, 0.25) is 0 Å². The van der Waals surface area contributed by atoms with Crippen molar-refractivity contribution in [2.24, 2.45) is 10.7 Å². The molecule has 1 rings (SSSR count). The van der Waals surface area contributed by atoms with E-state index in [2.05, 4.69) is 16.9 Å². The maximum atomic E-state index is 8.70. The third-order valence-corrected chi connectivity index (χ3v) is 4.03. The first kappa shape index (κ1) is 8.28. The van der Waals surface area contributed by atoms with Crippen LogP contribution in [0.15, 0.2) is 4.99 Å². The van der Waals surface area contributed by atoms with Crippen molar-refractivity contribution in [2.75, 3.05) is 0 Å². The van der Waals surface area contributed by atoms with Gasteiger partial charge in [-0.25, -0.2) is 4.99 Å². The predicted octanol–water partition coefficient (Wildman–Crippen LogP) is 0.686. The van der Waals surface area contributed by atoms with Crippen molar-refractivity contribution in [1.82, 2.24) is 0 Å². The zero-order valence-electron chi connectivity index (χ0n) is 6.66. The van der Waals surface area contributed by atoms with Gasteiger partial charge < -0.3 is 5.73 Å². The molecule has 0 fully saturated rings. The molecule has 4 heteroatoms. The summed E-state index contributed by atoms with van der Waals surface area (Å²) < 4.78 is -0.182. The predicted molar refractivity (Wildman–Crippen MR) is 49.8 cm³/mol.